The van der Waals surface area contributed by atoms with Gasteiger partial charge in [0.1, 0.15) is 12.4 Å². The third kappa shape index (κ3) is 1.60. The van der Waals surface area contributed by atoms with Crippen LogP contribution < -0.4 is 4.74 Å². The van der Waals surface area contributed by atoms with Gasteiger partial charge in [-0.1, -0.05) is 18.2 Å². The molecule has 0 spiro atoms. The van der Waals surface area contributed by atoms with E-state index in [1.165, 1.54) is 4.68 Å². The van der Waals surface area contributed by atoms with Crippen LogP contribution in [0.15, 0.2) is 24.3 Å². The molecule has 21 heavy (non-hydrogen) atoms. The largest absolute Gasteiger partial charge is 0.492 e. The molecule has 1 fully saturated rings. The van der Waals surface area contributed by atoms with Crippen LogP contribution in [0.2, 0.25) is 0 Å². The van der Waals surface area contributed by atoms with Crippen molar-refractivity contribution in [3.8, 4) is 5.75 Å². The molecule has 0 saturated heterocycles. The van der Waals surface area contributed by atoms with Crippen molar-refractivity contribution in [3.05, 3.63) is 35.7 Å². The quantitative estimate of drug-likeness (QED) is 0.910. The van der Waals surface area contributed by atoms with Gasteiger partial charge in [-0.2, -0.15) is 0 Å². The van der Waals surface area contributed by atoms with Crippen molar-refractivity contribution in [1.29, 1.82) is 0 Å². The number of hydrogen-bond acceptors (Lipinski definition) is 5. The Labute approximate surface area is 120 Å². The molecule has 0 bridgehead atoms. The van der Waals surface area contributed by atoms with Crippen molar-refractivity contribution in [2.75, 3.05) is 6.61 Å². The molecule has 1 aliphatic carbocycles. The molecule has 0 amide bonds. The molecule has 1 unspecified atom stereocenters. The zero-order chi connectivity index (χ0) is 14.4. The first-order chi connectivity index (χ1) is 10.2. The first-order valence-electron chi connectivity index (χ1n) is 6.96. The van der Waals surface area contributed by atoms with Gasteiger partial charge >= 0.3 is 5.97 Å². The van der Waals surface area contributed by atoms with E-state index in [2.05, 4.69) is 15.5 Å². The number of benzene rings is 1. The second-order valence-electron chi connectivity index (χ2n) is 5.54. The SMILES string of the molecule is O=C(O)C1(n2nnnc2C2COc3ccccc32)CCC1. The maximum Gasteiger partial charge on any atom is 0.331 e. The number of nitrogens with zero attached hydrogens (tertiary/aromatic N) is 4. The summed E-state index contributed by atoms with van der Waals surface area (Å²) in [5.41, 5.74) is 0.0181. The summed E-state index contributed by atoms with van der Waals surface area (Å²) in [6, 6.07) is 7.72. The van der Waals surface area contributed by atoms with Crippen molar-refractivity contribution in [2.45, 2.75) is 30.7 Å². The lowest BCUT2D eigenvalue weighted by molar-refractivity contribution is -0.153. The average Bonchev–Trinajstić information content (AvgIpc) is 3.03. The van der Waals surface area contributed by atoms with E-state index in [9.17, 15) is 9.90 Å². The molecule has 2 aromatic rings. The summed E-state index contributed by atoms with van der Waals surface area (Å²) >= 11 is 0. The van der Waals surface area contributed by atoms with Gasteiger partial charge in [0, 0.05) is 5.56 Å². The fourth-order valence-corrected chi connectivity index (χ4v) is 3.12. The van der Waals surface area contributed by atoms with Crippen LogP contribution in [0.1, 0.15) is 36.6 Å². The molecule has 2 heterocycles. The summed E-state index contributed by atoms with van der Waals surface area (Å²) in [6.07, 6.45) is 2.01. The van der Waals surface area contributed by atoms with Crippen molar-refractivity contribution < 1.29 is 14.6 Å². The van der Waals surface area contributed by atoms with E-state index < -0.39 is 11.5 Å². The Hall–Kier alpha value is -2.44. The Morgan fingerprint density at radius 1 is 1.38 bits per heavy atom. The summed E-state index contributed by atoms with van der Waals surface area (Å²) in [5, 5.41) is 21.3. The number of aliphatic carboxylic acids is 1. The van der Waals surface area contributed by atoms with Crippen LogP contribution in [0.5, 0.6) is 5.75 Å². The maximum absolute atomic E-state index is 11.7. The summed E-state index contributed by atoms with van der Waals surface area (Å²) in [7, 11) is 0. The summed E-state index contributed by atoms with van der Waals surface area (Å²) < 4.78 is 7.15. The lowest BCUT2D eigenvalue weighted by atomic mass is 9.76. The van der Waals surface area contributed by atoms with Crippen LogP contribution in [0.25, 0.3) is 0 Å². The van der Waals surface area contributed by atoms with E-state index in [0.29, 0.717) is 25.3 Å². The van der Waals surface area contributed by atoms with Gasteiger partial charge in [0.05, 0.1) is 5.92 Å². The monoisotopic (exact) mass is 286 g/mol. The third-order valence-corrected chi connectivity index (χ3v) is 4.49. The number of carboxylic acid groups (broad SMARTS) is 1. The van der Waals surface area contributed by atoms with Crippen molar-refractivity contribution >= 4 is 5.97 Å². The first kappa shape index (κ1) is 12.3. The predicted octanol–water partition coefficient (Wildman–Crippen LogP) is 1.16. The number of fused-ring (bicyclic) bond motifs is 1. The van der Waals surface area contributed by atoms with E-state index in [-0.39, 0.29) is 5.92 Å². The fraction of sp³-hybridized carbons (Fsp3) is 0.429. The fourth-order valence-electron chi connectivity index (χ4n) is 3.12. The molecular formula is C14H14N4O3. The standard InChI is InChI=1S/C14H14N4O3/c19-13(20)14(6-3-7-14)18-12(15-16-17-18)10-8-21-11-5-2-1-4-9(10)11/h1-2,4-5,10H,3,6-8H2,(H,19,20). The van der Waals surface area contributed by atoms with Crippen LogP contribution in [-0.2, 0) is 10.3 Å². The highest BCUT2D eigenvalue weighted by molar-refractivity contribution is 5.77. The van der Waals surface area contributed by atoms with E-state index in [1.54, 1.807) is 0 Å². The minimum Gasteiger partial charge on any atom is -0.492 e. The lowest BCUT2D eigenvalue weighted by Crippen LogP contribution is -2.49. The molecule has 7 heteroatoms. The number of rotatable bonds is 3. The number of carboxylic acids is 1. The number of aromatic nitrogens is 4. The van der Waals surface area contributed by atoms with Crippen LogP contribution >= 0.6 is 0 Å². The highest BCUT2D eigenvalue weighted by Crippen LogP contribution is 2.43. The number of ether oxygens (including phenoxy) is 1. The van der Waals surface area contributed by atoms with Gasteiger partial charge in [0.15, 0.2) is 11.4 Å². The van der Waals surface area contributed by atoms with E-state index in [4.69, 9.17) is 4.74 Å². The van der Waals surface area contributed by atoms with E-state index in [0.717, 1.165) is 17.7 Å². The molecule has 0 radical (unpaired) electrons. The molecular weight excluding hydrogens is 272 g/mol. The van der Waals surface area contributed by atoms with Crippen LogP contribution in [-0.4, -0.2) is 37.9 Å². The molecule has 7 nitrogen and oxygen atoms in total. The Morgan fingerprint density at radius 2 is 2.19 bits per heavy atom. The Bertz CT molecular complexity index is 708. The van der Waals surface area contributed by atoms with Crippen LogP contribution in [0.4, 0.5) is 0 Å². The van der Waals surface area contributed by atoms with Gasteiger partial charge in [-0.3, -0.25) is 0 Å². The summed E-state index contributed by atoms with van der Waals surface area (Å²) in [5.74, 6) is 0.402. The molecule has 1 aliphatic heterocycles. The number of hydrogen-bond donors (Lipinski definition) is 1. The van der Waals surface area contributed by atoms with Crippen molar-refractivity contribution in [2.24, 2.45) is 0 Å². The Balaban J connectivity index is 1.79. The normalized spacial score (nSPS) is 22.2. The Kier molecular flexibility index (Phi) is 2.51. The van der Waals surface area contributed by atoms with Gasteiger partial charge in [0.2, 0.25) is 0 Å². The molecule has 2 aliphatic rings. The van der Waals surface area contributed by atoms with Crippen molar-refractivity contribution in [1.82, 2.24) is 20.2 Å². The summed E-state index contributed by atoms with van der Waals surface area (Å²) in [6.45, 7) is 0.440. The third-order valence-electron chi connectivity index (χ3n) is 4.49. The zero-order valence-corrected chi connectivity index (χ0v) is 11.3. The molecule has 1 atom stereocenters. The van der Waals surface area contributed by atoms with Gasteiger partial charge in [-0.05, 0) is 35.8 Å². The number of tetrazole rings is 1. The van der Waals surface area contributed by atoms with Crippen LogP contribution in [0, 0.1) is 0 Å². The molecule has 1 aromatic carbocycles. The summed E-state index contributed by atoms with van der Waals surface area (Å²) in [4.78, 5) is 11.7. The second kappa shape index (κ2) is 4.28. The average molecular weight is 286 g/mol. The molecule has 4 rings (SSSR count). The number of carbonyl (C=O) groups is 1. The smallest absolute Gasteiger partial charge is 0.331 e. The molecule has 1 N–H and O–H groups in total. The highest BCUT2D eigenvalue weighted by atomic mass is 16.5. The topological polar surface area (TPSA) is 90.1 Å². The van der Waals surface area contributed by atoms with Crippen LogP contribution in [0.3, 0.4) is 0 Å². The highest BCUT2D eigenvalue weighted by Gasteiger charge is 2.50. The van der Waals surface area contributed by atoms with Gasteiger partial charge in [-0.15, -0.1) is 5.10 Å². The second-order valence-corrected chi connectivity index (χ2v) is 5.54. The molecule has 108 valence electrons. The first-order valence-corrected chi connectivity index (χ1v) is 6.96. The zero-order valence-electron chi connectivity index (χ0n) is 11.3. The molecule has 1 aromatic heterocycles. The Morgan fingerprint density at radius 3 is 2.90 bits per heavy atom. The van der Waals surface area contributed by atoms with Gasteiger partial charge in [0.25, 0.3) is 0 Å². The van der Waals surface area contributed by atoms with E-state index >= 15 is 0 Å². The van der Waals surface area contributed by atoms with Gasteiger partial charge < -0.3 is 9.84 Å². The van der Waals surface area contributed by atoms with Gasteiger partial charge in [-0.25, -0.2) is 9.48 Å². The maximum atomic E-state index is 11.7. The molecule has 1 saturated carbocycles. The lowest BCUT2D eigenvalue weighted by Gasteiger charge is -2.38. The number of para-hydroxylation sites is 1. The minimum atomic E-state index is -0.990. The van der Waals surface area contributed by atoms with Crippen molar-refractivity contribution in [3.63, 3.8) is 0 Å². The van der Waals surface area contributed by atoms with E-state index in [1.807, 2.05) is 24.3 Å². The predicted molar refractivity (Wildman–Crippen MR) is 71.1 cm³/mol. The minimum absolute atomic E-state index is 0.118.